The molecule has 1 aliphatic rings. The van der Waals surface area contributed by atoms with E-state index in [1.165, 1.54) is 13.4 Å². The number of nitrogens with zero attached hydrogens (tertiary/aromatic N) is 4. The molecule has 19 heavy (non-hydrogen) atoms. The lowest BCUT2D eigenvalue weighted by Gasteiger charge is -2.31. The first kappa shape index (κ1) is 13.2. The van der Waals surface area contributed by atoms with Gasteiger partial charge in [-0.15, -0.1) is 4.98 Å². The molecule has 6 nitrogen and oxygen atoms in total. The van der Waals surface area contributed by atoms with Crippen molar-refractivity contribution in [1.82, 2.24) is 9.97 Å². The third kappa shape index (κ3) is 2.62. The Kier molecular flexibility index (Phi) is 3.90. The van der Waals surface area contributed by atoms with Gasteiger partial charge in [0.2, 0.25) is 6.33 Å². The monoisotopic (exact) mass is 264 g/mol. The van der Waals surface area contributed by atoms with E-state index in [2.05, 4.69) is 14.8 Å². The van der Waals surface area contributed by atoms with Crippen molar-refractivity contribution in [3.8, 4) is 0 Å². The lowest BCUT2D eigenvalue weighted by atomic mass is 9.97. The largest absolute Gasteiger partial charge is 0.469 e. The highest BCUT2D eigenvalue weighted by Crippen LogP contribution is 2.27. The Bertz CT molecular complexity index is 521. The van der Waals surface area contributed by atoms with E-state index in [0.717, 1.165) is 0 Å². The minimum Gasteiger partial charge on any atom is -0.469 e. The average Bonchev–Trinajstić information content (AvgIpc) is 2.47. The summed E-state index contributed by atoms with van der Waals surface area (Å²) < 4.78 is 18.6. The van der Waals surface area contributed by atoms with Crippen LogP contribution < -0.4 is 4.90 Å². The van der Waals surface area contributed by atoms with E-state index in [1.54, 1.807) is 4.90 Å². The number of aromatic nitrogens is 2. The molecule has 1 saturated heterocycles. The van der Waals surface area contributed by atoms with Gasteiger partial charge in [-0.25, -0.2) is 4.39 Å². The first-order valence-corrected chi connectivity index (χ1v) is 5.88. The average molecular weight is 264 g/mol. The third-order valence-electron chi connectivity index (χ3n) is 3.19. The number of anilines is 1. The maximum Gasteiger partial charge on any atom is 0.310 e. The summed E-state index contributed by atoms with van der Waals surface area (Å²) in [6.07, 6.45) is 2.35. The Morgan fingerprint density at radius 2 is 2.21 bits per heavy atom. The maximum atomic E-state index is 13.9. The quantitative estimate of drug-likeness (QED) is 0.599. The van der Waals surface area contributed by atoms with Gasteiger partial charge in [-0.2, -0.15) is 4.98 Å². The lowest BCUT2D eigenvalue weighted by Crippen LogP contribution is -2.37. The van der Waals surface area contributed by atoms with E-state index >= 15 is 0 Å². The predicted molar refractivity (Wildman–Crippen MR) is 65.2 cm³/mol. The molecule has 0 N–H and O–H groups in total. The summed E-state index contributed by atoms with van der Waals surface area (Å²) in [5, 5.41) is 0. The number of halogens is 1. The van der Waals surface area contributed by atoms with E-state index in [-0.39, 0.29) is 23.5 Å². The molecule has 1 aliphatic heterocycles. The second-order valence-corrected chi connectivity index (χ2v) is 4.23. The summed E-state index contributed by atoms with van der Waals surface area (Å²) in [5.41, 5.74) is 0. The summed E-state index contributed by atoms with van der Waals surface area (Å²) in [6, 6.07) is 0. The summed E-state index contributed by atoms with van der Waals surface area (Å²) in [4.78, 5) is 23.6. The number of piperidine rings is 1. The van der Waals surface area contributed by atoms with Gasteiger partial charge in [-0.05, 0) is 12.8 Å². The molecule has 1 aromatic rings. The maximum absolute atomic E-state index is 13.9. The van der Waals surface area contributed by atoms with Crippen molar-refractivity contribution in [3.05, 3.63) is 23.6 Å². The van der Waals surface area contributed by atoms with E-state index in [4.69, 9.17) is 11.3 Å². The molecule has 7 heteroatoms. The van der Waals surface area contributed by atoms with Crippen LogP contribution in [0.15, 0.2) is 6.33 Å². The van der Waals surface area contributed by atoms with Gasteiger partial charge in [0.15, 0.2) is 11.6 Å². The fraction of sp³-hybridized carbons (Fsp3) is 0.500. The zero-order valence-corrected chi connectivity index (χ0v) is 10.5. The Hall–Kier alpha value is -2.23. The van der Waals surface area contributed by atoms with Crippen molar-refractivity contribution in [2.24, 2.45) is 5.92 Å². The van der Waals surface area contributed by atoms with Gasteiger partial charge in [0.05, 0.1) is 13.0 Å². The van der Waals surface area contributed by atoms with Crippen molar-refractivity contribution < 1.29 is 13.9 Å². The molecule has 0 atom stereocenters. The van der Waals surface area contributed by atoms with Crippen LogP contribution in [0.1, 0.15) is 12.8 Å². The van der Waals surface area contributed by atoms with Crippen LogP contribution in [0.2, 0.25) is 0 Å². The molecule has 0 saturated carbocycles. The highest BCUT2D eigenvalue weighted by atomic mass is 19.1. The molecule has 0 spiro atoms. The normalized spacial score (nSPS) is 15.9. The third-order valence-corrected chi connectivity index (χ3v) is 3.19. The van der Waals surface area contributed by atoms with E-state index in [9.17, 15) is 9.18 Å². The van der Waals surface area contributed by atoms with Crippen LogP contribution in [0.3, 0.4) is 0 Å². The number of carbonyl (C=O) groups excluding carboxylic acids is 1. The minimum atomic E-state index is -0.700. The zero-order valence-electron chi connectivity index (χ0n) is 10.5. The van der Waals surface area contributed by atoms with Gasteiger partial charge in [0.1, 0.15) is 0 Å². The van der Waals surface area contributed by atoms with Gasteiger partial charge in [-0.3, -0.25) is 4.79 Å². The molecular formula is C12H13FN4O2. The molecule has 0 aromatic carbocycles. The van der Waals surface area contributed by atoms with Crippen molar-refractivity contribution in [1.29, 1.82) is 0 Å². The number of methoxy groups -OCH3 is 1. The Labute approximate surface area is 110 Å². The molecule has 0 bridgehead atoms. The molecule has 0 amide bonds. The van der Waals surface area contributed by atoms with Crippen molar-refractivity contribution in [2.45, 2.75) is 12.8 Å². The lowest BCUT2D eigenvalue weighted by molar-refractivity contribution is -0.146. The minimum absolute atomic E-state index is 0.129. The Balaban J connectivity index is 2.10. The number of ether oxygens (including phenoxy) is 1. The number of hydrogen-bond donors (Lipinski definition) is 0. The van der Waals surface area contributed by atoms with Gasteiger partial charge >= 0.3 is 11.8 Å². The fourth-order valence-electron chi connectivity index (χ4n) is 2.14. The SMILES string of the molecule is [C-]#[N+]c1ncnc(N2CCC(C(=O)OC)CC2)c1F. The second kappa shape index (κ2) is 5.61. The molecule has 1 fully saturated rings. The predicted octanol–water partition coefficient (Wildman–Crippen LogP) is 1.56. The van der Waals surface area contributed by atoms with Gasteiger partial charge in [0.25, 0.3) is 0 Å². The van der Waals surface area contributed by atoms with Gasteiger partial charge < -0.3 is 14.5 Å². The van der Waals surface area contributed by atoms with E-state index < -0.39 is 5.82 Å². The molecule has 1 aromatic heterocycles. The van der Waals surface area contributed by atoms with Crippen molar-refractivity contribution in [3.63, 3.8) is 0 Å². The molecule has 100 valence electrons. The molecule has 0 aliphatic carbocycles. The molecule has 2 heterocycles. The molecular weight excluding hydrogens is 251 g/mol. The van der Waals surface area contributed by atoms with E-state index in [1.807, 2.05) is 0 Å². The zero-order chi connectivity index (χ0) is 13.8. The van der Waals surface area contributed by atoms with Crippen molar-refractivity contribution >= 4 is 17.6 Å². The topological polar surface area (TPSA) is 59.7 Å². The van der Waals surface area contributed by atoms with Crippen molar-refractivity contribution in [2.75, 3.05) is 25.1 Å². The standard InChI is InChI=1S/C12H13FN4O2/c1-14-10-9(13)11(16-7-15-10)17-5-3-8(4-6-17)12(18)19-2/h7-8H,3-6H2,2H3. The summed E-state index contributed by atoms with van der Waals surface area (Å²) >= 11 is 0. The second-order valence-electron chi connectivity index (χ2n) is 4.23. The summed E-state index contributed by atoms with van der Waals surface area (Å²) in [6.45, 7) is 7.83. The fourth-order valence-corrected chi connectivity index (χ4v) is 2.14. The van der Waals surface area contributed by atoms with Crippen LogP contribution in [0.4, 0.5) is 16.0 Å². The Morgan fingerprint density at radius 3 is 2.79 bits per heavy atom. The summed E-state index contributed by atoms with van der Waals surface area (Å²) in [7, 11) is 1.36. The number of carbonyl (C=O) groups is 1. The van der Waals surface area contributed by atoms with Crippen LogP contribution >= 0.6 is 0 Å². The first-order chi connectivity index (χ1) is 9.17. The van der Waals surface area contributed by atoms with Crippen LogP contribution in [-0.2, 0) is 9.53 Å². The first-order valence-electron chi connectivity index (χ1n) is 5.88. The number of esters is 1. The van der Waals surface area contributed by atoms with Crippen LogP contribution in [0.5, 0.6) is 0 Å². The van der Waals surface area contributed by atoms with E-state index in [0.29, 0.717) is 25.9 Å². The number of rotatable bonds is 2. The highest BCUT2D eigenvalue weighted by molar-refractivity contribution is 5.72. The van der Waals surface area contributed by atoms with Crippen LogP contribution in [-0.4, -0.2) is 36.1 Å². The molecule has 0 radical (unpaired) electrons. The number of hydrogen-bond acceptors (Lipinski definition) is 5. The summed E-state index contributed by atoms with van der Waals surface area (Å²) in [5.74, 6) is -1.23. The van der Waals surface area contributed by atoms with Gasteiger partial charge in [0, 0.05) is 13.1 Å². The smallest absolute Gasteiger partial charge is 0.310 e. The van der Waals surface area contributed by atoms with Crippen LogP contribution in [0.25, 0.3) is 4.85 Å². The van der Waals surface area contributed by atoms with Gasteiger partial charge in [-0.1, -0.05) is 6.57 Å². The molecule has 0 unspecified atom stereocenters. The Morgan fingerprint density at radius 1 is 1.53 bits per heavy atom. The van der Waals surface area contributed by atoms with Crippen LogP contribution in [0, 0.1) is 18.3 Å². The highest BCUT2D eigenvalue weighted by Gasteiger charge is 2.28. The molecule has 2 rings (SSSR count).